The van der Waals surface area contributed by atoms with Crippen LogP contribution in [0.25, 0.3) is 0 Å². The molecule has 2 aliphatic rings. The lowest BCUT2D eigenvalue weighted by molar-refractivity contribution is -0.137. The van der Waals surface area contributed by atoms with Gasteiger partial charge in [-0.15, -0.1) is 0 Å². The molecule has 1 N–H and O–H groups in total. The molecule has 1 aliphatic heterocycles. The molecular weight excluding hydrogens is 366 g/mol. The molecule has 1 atom stereocenters. The SMILES string of the molecule is O=C(NC(Cc1ccccc1)C(=O)N1CCOCC1)c1cccn1C1CCCC1. The highest BCUT2D eigenvalue weighted by Gasteiger charge is 2.29. The highest BCUT2D eigenvalue weighted by Crippen LogP contribution is 2.30. The Balaban J connectivity index is 1.52. The van der Waals surface area contributed by atoms with Crippen LogP contribution in [0.1, 0.15) is 47.8 Å². The number of hydrogen-bond donors (Lipinski definition) is 1. The molecule has 2 aromatic rings. The lowest BCUT2D eigenvalue weighted by Gasteiger charge is -2.31. The minimum absolute atomic E-state index is 0.0375. The Labute approximate surface area is 171 Å². The van der Waals surface area contributed by atoms with E-state index in [0.717, 1.165) is 18.4 Å². The van der Waals surface area contributed by atoms with E-state index >= 15 is 0 Å². The third kappa shape index (κ3) is 4.70. The van der Waals surface area contributed by atoms with Gasteiger partial charge in [-0.1, -0.05) is 43.2 Å². The first-order chi connectivity index (χ1) is 14.2. The van der Waals surface area contributed by atoms with Crippen LogP contribution in [0, 0.1) is 0 Å². The van der Waals surface area contributed by atoms with Crippen molar-refractivity contribution in [3.8, 4) is 0 Å². The average Bonchev–Trinajstić information content (AvgIpc) is 3.45. The summed E-state index contributed by atoms with van der Waals surface area (Å²) >= 11 is 0. The Hall–Kier alpha value is -2.60. The lowest BCUT2D eigenvalue weighted by Crippen LogP contribution is -2.52. The van der Waals surface area contributed by atoms with Gasteiger partial charge < -0.3 is 19.5 Å². The van der Waals surface area contributed by atoms with Gasteiger partial charge in [-0.2, -0.15) is 0 Å². The van der Waals surface area contributed by atoms with E-state index in [4.69, 9.17) is 4.74 Å². The number of ether oxygens (including phenoxy) is 1. The molecule has 1 aliphatic carbocycles. The number of nitrogens with one attached hydrogen (secondary N) is 1. The molecule has 1 saturated carbocycles. The van der Waals surface area contributed by atoms with Gasteiger partial charge in [-0.3, -0.25) is 9.59 Å². The molecule has 1 aromatic heterocycles. The first-order valence-electron chi connectivity index (χ1n) is 10.6. The molecule has 154 valence electrons. The van der Waals surface area contributed by atoms with Crippen molar-refractivity contribution in [3.05, 3.63) is 59.9 Å². The van der Waals surface area contributed by atoms with Gasteiger partial charge in [0.05, 0.1) is 13.2 Å². The zero-order valence-electron chi connectivity index (χ0n) is 16.8. The van der Waals surface area contributed by atoms with E-state index in [9.17, 15) is 9.59 Å². The van der Waals surface area contributed by atoms with Gasteiger partial charge in [0, 0.05) is 31.7 Å². The molecular formula is C23H29N3O3. The van der Waals surface area contributed by atoms with E-state index in [1.807, 2.05) is 48.7 Å². The van der Waals surface area contributed by atoms with Gasteiger partial charge >= 0.3 is 0 Å². The van der Waals surface area contributed by atoms with Crippen LogP contribution >= 0.6 is 0 Å². The standard InChI is InChI=1S/C23H29N3O3/c27-22(21-11-6-12-26(21)19-9-4-5-10-19)24-20(17-18-7-2-1-3-8-18)23(28)25-13-15-29-16-14-25/h1-3,6-8,11-12,19-20H,4-5,9-10,13-17H2,(H,24,27). The summed E-state index contributed by atoms with van der Waals surface area (Å²) in [5.41, 5.74) is 1.68. The second-order valence-electron chi connectivity index (χ2n) is 7.89. The molecule has 0 spiro atoms. The summed E-state index contributed by atoms with van der Waals surface area (Å²) in [6, 6.07) is 13.4. The van der Waals surface area contributed by atoms with Crippen molar-refractivity contribution < 1.29 is 14.3 Å². The number of rotatable bonds is 6. The topological polar surface area (TPSA) is 63.6 Å². The van der Waals surface area contributed by atoms with Crippen LogP contribution in [-0.4, -0.2) is 53.6 Å². The number of benzene rings is 1. The molecule has 6 nitrogen and oxygen atoms in total. The van der Waals surface area contributed by atoms with Crippen molar-refractivity contribution >= 4 is 11.8 Å². The molecule has 0 bridgehead atoms. The third-order valence-corrected chi connectivity index (χ3v) is 5.94. The maximum atomic E-state index is 13.2. The highest BCUT2D eigenvalue weighted by molar-refractivity contribution is 5.96. The summed E-state index contributed by atoms with van der Waals surface area (Å²) in [5.74, 6) is -0.214. The zero-order valence-corrected chi connectivity index (χ0v) is 16.8. The van der Waals surface area contributed by atoms with Crippen molar-refractivity contribution in [3.63, 3.8) is 0 Å². The summed E-state index contributed by atoms with van der Waals surface area (Å²) in [6.07, 6.45) is 7.09. The normalized spacial score (nSPS) is 18.6. The van der Waals surface area contributed by atoms with Crippen LogP contribution in [0.5, 0.6) is 0 Å². The van der Waals surface area contributed by atoms with Gasteiger partial charge in [-0.05, 0) is 30.5 Å². The summed E-state index contributed by atoms with van der Waals surface area (Å²) in [7, 11) is 0. The smallest absolute Gasteiger partial charge is 0.268 e. The van der Waals surface area contributed by atoms with Crippen molar-refractivity contribution in [2.75, 3.05) is 26.3 Å². The van der Waals surface area contributed by atoms with Crippen molar-refractivity contribution in [2.24, 2.45) is 0 Å². The largest absolute Gasteiger partial charge is 0.378 e. The monoisotopic (exact) mass is 395 g/mol. The molecule has 2 fully saturated rings. The van der Waals surface area contributed by atoms with Gasteiger partial charge in [0.25, 0.3) is 5.91 Å². The van der Waals surface area contributed by atoms with E-state index in [1.165, 1.54) is 12.8 Å². The lowest BCUT2D eigenvalue weighted by atomic mass is 10.0. The number of nitrogens with zero attached hydrogens (tertiary/aromatic N) is 2. The van der Waals surface area contributed by atoms with Crippen molar-refractivity contribution in [2.45, 2.75) is 44.2 Å². The Kier molecular flexibility index (Phi) is 6.30. The fraction of sp³-hybridized carbons (Fsp3) is 0.478. The predicted octanol–water partition coefficient (Wildman–Crippen LogP) is 2.80. The van der Waals surface area contributed by atoms with E-state index in [-0.39, 0.29) is 11.8 Å². The van der Waals surface area contributed by atoms with Crippen LogP contribution in [-0.2, 0) is 16.0 Å². The Morgan fingerprint density at radius 2 is 1.76 bits per heavy atom. The minimum atomic E-state index is -0.588. The van der Waals surface area contributed by atoms with Gasteiger partial charge in [-0.25, -0.2) is 0 Å². The molecule has 2 heterocycles. The van der Waals surface area contributed by atoms with Gasteiger partial charge in [0.1, 0.15) is 11.7 Å². The predicted molar refractivity (Wildman–Crippen MR) is 111 cm³/mol. The number of hydrogen-bond acceptors (Lipinski definition) is 3. The van der Waals surface area contributed by atoms with Crippen LogP contribution < -0.4 is 5.32 Å². The van der Waals surface area contributed by atoms with Crippen LogP contribution in [0.3, 0.4) is 0 Å². The summed E-state index contributed by atoms with van der Waals surface area (Å²) in [4.78, 5) is 28.1. The molecule has 1 saturated heterocycles. The number of morpholine rings is 1. The van der Waals surface area contributed by atoms with Gasteiger partial charge in [0.15, 0.2) is 0 Å². The van der Waals surface area contributed by atoms with Crippen LogP contribution in [0.2, 0.25) is 0 Å². The van der Waals surface area contributed by atoms with E-state index < -0.39 is 6.04 Å². The number of carbonyl (C=O) groups is 2. The maximum Gasteiger partial charge on any atom is 0.268 e. The van der Waals surface area contributed by atoms with E-state index in [0.29, 0.717) is 44.5 Å². The molecule has 2 amide bonds. The summed E-state index contributed by atoms with van der Waals surface area (Å²) in [6.45, 7) is 2.22. The first kappa shape index (κ1) is 19.7. The third-order valence-electron chi connectivity index (χ3n) is 5.94. The zero-order chi connectivity index (χ0) is 20.1. The average molecular weight is 396 g/mol. The van der Waals surface area contributed by atoms with Crippen molar-refractivity contribution in [1.29, 1.82) is 0 Å². The van der Waals surface area contributed by atoms with E-state index in [1.54, 1.807) is 4.90 Å². The Morgan fingerprint density at radius 1 is 1.03 bits per heavy atom. The number of carbonyl (C=O) groups excluding carboxylic acids is 2. The Bertz CT molecular complexity index is 821. The first-order valence-corrected chi connectivity index (χ1v) is 10.6. The molecule has 29 heavy (non-hydrogen) atoms. The van der Waals surface area contributed by atoms with Gasteiger partial charge in [0.2, 0.25) is 5.91 Å². The second-order valence-corrected chi connectivity index (χ2v) is 7.89. The Morgan fingerprint density at radius 3 is 2.48 bits per heavy atom. The fourth-order valence-corrected chi connectivity index (χ4v) is 4.37. The quantitative estimate of drug-likeness (QED) is 0.818. The molecule has 1 unspecified atom stereocenters. The molecule has 4 rings (SSSR count). The summed E-state index contributed by atoms with van der Waals surface area (Å²) < 4.78 is 7.46. The minimum Gasteiger partial charge on any atom is -0.378 e. The second kappa shape index (κ2) is 9.27. The molecule has 0 radical (unpaired) electrons. The molecule has 1 aromatic carbocycles. The summed E-state index contributed by atoms with van der Waals surface area (Å²) in [5, 5.41) is 3.04. The molecule has 6 heteroatoms. The van der Waals surface area contributed by atoms with Crippen LogP contribution in [0.4, 0.5) is 0 Å². The maximum absolute atomic E-state index is 13.2. The highest BCUT2D eigenvalue weighted by atomic mass is 16.5. The van der Waals surface area contributed by atoms with E-state index in [2.05, 4.69) is 9.88 Å². The van der Waals surface area contributed by atoms with Crippen molar-refractivity contribution in [1.82, 2.24) is 14.8 Å². The number of amides is 2. The van der Waals surface area contributed by atoms with Crippen LogP contribution in [0.15, 0.2) is 48.7 Å². The number of aromatic nitrogens is 1. The fourth-order valence-electron chi connectivity index (χ4n) is 4.37.